The fourth-order valence-corrected chi connectivity index (χ4v) is 3.07. The Morgan fingerprint density at radius 1 is 1.07 bits per heavy atom. The van der Waals surface area contributed by atoms with E-state index in [0.717, 1.165) is 16.9 Å². The Balaban J connectivity index is 1.98. The average Bonchev–Trinajstić information content (AvgIpc) is 2.68. The van der Waals surface area contributed by atoms with Crippen molar-refractivity contribution in [3.05, 3.63) is 76.4 Å². The quantitative estimate of drug-likeness (QED) is 0.474. The van der Waals surface area contributed by atoms with Gasteiger partial charge in [0, 0.05) is 12.5 Å². The summed E-state index contributed by atoms with van der Waals surface area (Å²) in [7, 11) is 1.62. The highest BCUT2D eigenvalue weighted by Gasteiger charge is 2.20. The van der Waals surface area contributed by atoms with Crippen LogP contribution in [0, 0.1) is 6.92 Å². The Labute approximate surface area is 173 Å². The van der Waals surface area contributed by atoms with Crippen molar-refractivity contribution in [2.75, 3.05) is 12.0 Å². The number of pyridine rings is 1. The minimum Gasteiger partial charge on any atom is -0.496 e. The lowest BCUT2D eigenvalue weighted by Gasteiger charge is -2.24. The first kappa shape index (κ1) is 19.9. The second kappa shape index (κ2) is 8.89. The Morgan fingerprint density at radius 3 is 2.46 bits per heavy atom. The fraction of sp³-hybridized carbons (Fsp3) is 0.182. The van der Waals surface area contributed by atoms with Crippen LogP contribution in [0.25, 0.3) is 0 Å². The van der Waals surface area contributed by atoms with E-state index in [2.05, 4.69) is 20.9 Å². The molecule has 28 heavy (non-hydrogen) atoms. The van der Waals surface area contributed by atoms with Gasteiger partial charge in [-0.05, 0) is 53.2 Å². The van der Waals surface area contributed by atoms with Gasteiger partial charge in [-0.1, -0.05) is 35.9 Å². The number of ether oxygens (including phenoxy) is 2. The summed E-state index contributed by atoms with van der Waals surface area (Å²) in [5.74, 6) is 1.60. The van der Waals surface area contributed by atoms with Crippen LogP contribution in [-0.4, -0.2) is 18.0 Å². The monoisotopic (exact) mass is 440 g/mol. The van der Waals surface area contributed by atoms with E-state index in [1.807, 2.05) is 61.5 Å². The molecule has 0 fully saturated rings. The van der Waals surface area contributed by atoms with Crippen molar-refractivity contribution in [1.29, 1.82) is 0 Å². The van der Waals surface area contributed by atoms with Gasteiger partial charge in [-0.25, -0.2) is 4.98 Å². The SMILES string of the molecule is COc1ccccc1CN(C(C)=O)c1ccc(Br)nc1Oc1ccc(C)cc1. The van der Waals surface area contributed by atoms with Crippen LogP contribution >= 0.6 is 15.9 Å². The number of methoxy groups -OCH3 is 1. The molecule has 5 nitrogen and oxygen atoms in total. The third-order valence-electron chi connectivity index (χ3n) is 4.23. The smallest absolute Gasteiger partial charge is 0.244 e. The van der Waals surface area contributed by atoms with E-state index < -0.39 is 0 Å². The summed E-state index contributed by atoms with van der Waals surface area (Å²) >= 11 is 3.38. The van der Waals surface area contributed by atoms with Gasteiger partial charge in [0.1, 0.15) is 21.8 Å². The molecule has 0 atom stereocenters. The standard InChI is InChI=1S/C22H21BrN2O3/c1-15-8-10-18(11-9-15)28-22-19(12-13-21(23)24-22)25(16(2)26)14-17-6-4-5-7-20(17)27-3/h4-13H,14H2,1-3H3. The minimum absolute atomic E-state index is 0.121. The largest absolute Gasteiger partial charge is 0.496 e. The first-order chi connectivity index (χ1) is 13.5. The number of carbonyl (C=O) groups excluding carboxylic acids is 1. The highest BCUT2D eigenvalue weighted by atomic mass is 79.9. The maximum atomic E-state index is 12.5. The number of para-hydroxylation sites is 1. The molecule has 0 saturated carbocycles. The van der Waals surface area contributed by atoms with Crippen LogP contribution in [0.15, 0.2) is 65.3 Å². The number of halogens is 1. The van der Waals surface area contributed by atoms with Crippen LogP contribution in [0.5, 0.6) is 17.4 Å². The number of hydrogen-bond donors (Lipinski definition) is 0. The number of aromatic nitrogens is 1. The molecule has 2 aromatic carbocycles. The van der Waals surface area contributed by atoms with Crippen molar-refractivity contribution in [3.63, 3.8) is 0 Å². The maximum absolute atomic E-state index is 12.5. The van der Waals surface area contributed by atoms with Crippen LogP contribution in [0.3, 0.4) is 0 Å². The van der Waals surface area contributed by atoms with Crippen LogP contribution in [0.2, 0.25) is 0 Å². The Kier molecular flexibility index (Phi) is 6.31. The van der Waals surface area contributed by atoms with E-state index in [0.29, 0.717) is 28.5 Å². The van der Waals surface area contributed by atoms with E-state index in [-0.39, 0.29) is 5.91 Å². The molecule has 6 heteroatoms. The topological polar surface area (TPSA) is 51.7 Å². The van der Waals surface area contributed by atoms with E-state index in [4.69, 9.17) is 9.47 Å². The van der Waals surface area contributed by atoms with E-state index in [1.165, 1.54) is 6.92 Å². The molecule has 0 saturated heterocycles. The van der Waals surface area contributed by atoms with Gasteiger partial charge in [0.15, 0.2) is 0 Å². The van der Waals surface area contributed by atoms with Crippen LogP contribution in [-0.2, 0) is 11.3 Å². The normalized spacial score (nSPS) is 10.4. The summed E-state index contributed by atoms with van der Waals surface area (Å²) < 4.78 is 12.1. The Morgan fingerprint density at radius 2 is 1.79 bits per heavy atom. The van der Waals surface area contributed by atoms with E-state index in [1.54, 1.807) is 18.1 Å². The van der Waals surface area contributed by atoms with E-state index >= 15 is 0 Å². The molecule has 3 rings (SSSR count). The number of benzene rings is 2. The van der Waals surface area contributed by atoms with Crippen molar-refractivity contribution in [3.8, 4) is 17.4 Å². The maximum Gasteiger partial charge on any atom is 0.244 e. The summed E-state index contributed by atoms with van der Waals surface area (Å²) in [6, 6.07) is 18.9. The van der Waals surface area contributed by atoms with Crippen LogP contribution in [0.4, 0.5) is 5.69 Å². The molecular formula is C22H21BrN2O3. The van der Waals surface area contributed by atoms with Crippen molar-refractivity contribution < 1.29 is 14.3 Å². The molecule has 0 N–H and O–H groups in total. The number of amides is 1. The van der Waals surface area contributed by atoms with Gasteiger partial charge in [-0.15, -0.1) is 0 Å². The number of hydrogen-bond acceptors (Lipinski definition) is 4. The van der Waals surface area contributed by atoms with Crippen molar-refractivity contribution in [1.82, 2.24) is 4.98 Å². The Bertz CT molecular complexity index is 974. The van der Waals surface area contributed by atoms with Gasteiger partial charge in [-0.2, -0.15) is 0 Å². The highest BCUT2D eigenvalue weighted by Crippen LogP contribution is 2.34. The van der Waals surface area contributed by atoms with Crippen molar-refractivity contribution in [2.45, 2.75) is 20.4 Å². The average molecular weight is 441 g/mol. The Hall–Kier alpha value is -2.86. The lowest BCUT2D eigenvalue weighted by molar-refractivity contribution is -0.116. The predicted octanol–water partition coefficient (Wildman–Crippen LogP) is 5.51. The lowest BCUT2D eigenvalue weighted by Crippen LogP contribution is -2.28. The van der Waals surface area contributed by atoms with Gasteiger partial charge in [0.05, 0.1) is 13.7 Å². The van der Waals surface area contributed by atoms with Gasteiger partial charge >= 0.3 is 0 Å². The molecule has 0 aliphatic carbocycles. The molecule has 0 spiro atoms. The van der Waals surface area contributed by atoms with Gasteiger partial charge < -0.3 is 14.4 Å². The fourth-order valence-electron chi connectivity index (χ4n) is 2.78. The number of rotatable bonds is 6. The second-order valence-electron chi connectivity index (χ2n) is 6.29. The second-order valence-corrected chi connectivity index (χ2v) is 7.10. The zero-order valence-corrected chi connectivity index (χ0v) is 17.6. The first-order valence-electron chi connectivity index (χ1n) is 8.79. The van der Waals surface area contributed by atoms with Gasteiger partial charge in [0.25, 0.3) is 0 Å². The predicted molar refractivity (Wildman–Crippen MR) is 113 cm³/mol. The van der Waals surface area contributed by atoms with Gasteiger partial charge in [0.2, 0.25) is 11.8 Å². The molecule has 1 heterocycles. The highest BCUT2D eigenvalue weighted by molar-refractivity contribution is 9.10. The minimum atomic E-state index is -0.121. The molecule has 1 amide bonds. The third-order valence-corrected chi connectivity index (χ3v) is 4.68. The third kappa shape index (κ3) is 4.70. The summed E-state index contributed by atoms with van der Waals surface area (Å²) in [6.45, 7) is 3.87. The summed E-state index contributed by atoms with van der Waals surface area (Å²) in [5.41, 5.74) is 2.61. The zero-order chi connectivity index (χ0) is 20.1. The molecule has 144 valence electrons. The molecule has 0 aliphatic rings. The number of anilines is 1. The van der Waals surface area contributed by atoms with Crippen LogP contribution < -0.4 is 14.4 Å². The molecule has 0 bridgehead atoms. The zero-order valence-electron chi connectivity index (χ0n) is 16.0. The summed E-state index contributed by atoms with van der Waals surface area (Å²) in [6.07, 6.45) is 0. The van der Waals surface area contributed by atoms with Crippen LogP contribution in [0.1, 0.15) is 18.1 Å². The number of nitrogens with zero attached hydrogens (tertiary/aromatic N) is 2. The lowest BCUT2D eigenvalue weighted by atomic mass is 10.1. The van der Waals surface area contributed by atoms with Gasteiger partial charge in [-0.3, -0.25) is 4.79 Å². The molecule has 0 aliphatic heterocycles. The van der Waals surface area contributed by atoms with Crippen molar-refractivity contribution >= 4 is 27.5 Å². The molecule has 0 unspecified atom stereocenters. The summed E-state index contributed by atoms with van der Waals surface area (Å²) in [4.78, 5) is 18.5. The van der Waals surface area contributed by atoms with Crippen molar-refractivity contribution in [2.24, 2.45) is 0 Å². The molecule has 1 aromatic heterocycles. The molecular weight excluding hydrogens is 420 g/mol. The van der Waals surface area contributed by atoms with E-state index in [9.17, 15) is 4.79 Å². The first-order valence-corrected chi connectivity index (χ1v) is 9.58. The summed E-state index contributed by atoms with van der Waals surface area (Å²) in [5, 5.41) is 0. The number of carbonyl (C=O) groups is 1. The molecule has 3 aromatic rings. The number of aryl methyl sites for hydroxylation is 1. The molecule has 0 radical (unpaired) electrons.